The fourth-order valence-electron chi connectivity index (χ4n) is 3.57. The van der Waals surface area contributed by atoms with Crippen LogP contribution in [0, 0.1) is 0 Å². The van der Waals surface area contributed by atoms with Crippen LogP contribution < -0.4 is 9.64 Å². The average Bonchev–Trinajstić information content (AvgIpc) is 3.43. The molecule has 3 heteroatoms. The van der Waals surface area contributed by atoms with E-state index in [0.717, 1.165) is 31.2 Å². The quantitative estimate of drug-likeness (QED) is 0.819. The number of ether oxygens (including phenoxy) is 2. The molecule has 3 nitrogen and oxygen atoms in total. The molecule has 1 fully saturated rings. The highest BCUT2D eigenvalue weighted by atomic mass is 16.5. The van der Waals surface area contributed by atoms with Crippen LogP contribution in [-0.4, -0.2) is 26.4 Å². The third-order valence-corrected chi connectivity index (χ3v) is 5.05. The molecule has 2 aliphatic rings. The maximum atomic E-state index is 5.99. The lowest BCUT2D eigenvalue weighted by molar-refractivity contribution is 0.0703. The number of hydrogen-bond acceptors (Lipinski definition) is 3. The van der Waals surface area contributed by atoms with Crippen molar-refractivity contribution in [3.8, 4) is 5.75 Å². The van der Waals surface area contributed by atoms with E-state index >= 15 is 0 Å². The van der Waals surface area contributed by atoms with Crippen LogP contribution in [0.2, 0.25) is 0 Å². The van der Waals surface area contributed by atoms with Gasteiger partial charge in [-0.25, -0.2) is 0 Å². The summed E-state index contributed by atoms with van der Waals surface area (Å²) in [6, 6.07) is 15.3. The van der Waals surface area contributed by atoms with E-state index in [-0.39, 0.29) is 6.10 Å². The van der Waals surface area contributed by atoms with Crippen molar-refractivity contribution in [2.24, 2.45) is 0 Å². The third-order valence-electron chi connectivity index (χ3n) is 5.05. The molecule has 1 aliphatic carbocycles. The molecule has 1 atom stereocenters. The maximum Gasteiger partial charge on any atom is 0.119 e. The van der Waals surface area contributed by atoms with Crippen LogP contribution in [0.5, 0.6) is 5.75 Å². The number of hydrogen-bond donors (Lipinski definition) is 0. The van der Waals surface area contributed by atoms with Gasteiger partial charge in [-0.05, 0) is 67.1 Å². The first-order valence-corrected chi connectivity index (χ1v) is 8.90. The first kappa shape index (κ1) is 15.5. The molecule has 0 bridgehead atoms. The van der Waals surface area contributed by atoms with Crippen LogP contribution in [0.15, 0.2) is 42.5 Å². The van der Waals surface area contributed by atoms with Gasteiger partial charge in [-0.2, -0.15) is 0 Å². The molecule has 1 saturated carbocycles. The molecule has 0 aromatic heterocycles. The predicted molar refractivity (Wildman–Crippen MR) is 97.5 cm³/mol. The summed E-state index contributed by atoms with van der Waals surface area (Å²) in [6.07, 6.45) is 3.93. The van der Waals surface area contributed by atoms with Gasteiger partial charge in [-0.3, -0.25) is 0 Å². The van der Waals surface area contributed by atoms with Gasteiger partial charge < -0.3 is 14.4 Å². The molecule has 0 N–H and O–H groups in total. The summed E-state index contributed by atoms with van der Waals surface area (Å²) in [7, 11) is 1.70. The lowest BCUT2D eigenvalue weighted by Crippen LogP contribution is -2.29. The Hall–Kier alpha value is -2.00. The molecule has 0 radical (unpaired) electrons. The van der Waals surface area contributed by atoms with Gasteiger partial charge in [0.05, 0.1) is 19.8 Å². The number of methoxy groups -OCH3 is 1. The number of anilines is 2. The Balaban J connectivity index is 1.72. The first-order chi connectivity index (χ1) is 11.7. The van der Waals surface area contributed by atoms with E-state index in [1.54, 1.807) is 7.11 Å². The van der Waals surface area contributed by atoms with Crippen molar-refractivity contribution in [3.63, 3.8) is 0 Å². The van der Waals surface area contributed by atoms with Crippen molar-refractivity contribution in [1.29, 1.82) is 0 Å². The topological polar surface area (TPSA) is 21.7 Å². The van der Waals surface area contributed by atoms with Crippen LogP contribution in [0.4, 0.5) is 11.4 Å². The van der Waals surface area contributed by atoms with E-state index in [9.17, 15) is 0 Å². The van der Waals surface area contributed by atoms with Crippen molar-refractivity contribution in [2.75, 3.05) is 25.2 Å². The smallest absolute Gasteiger partial charge is 0.119 e. The van der Waals surface area contributed by atoms with Crippen LogP contribution >= 0.6 is 0 Å². The summed E-state index contributed by atoms with van der Waals surface area (Å²) >= 11 is 0. The Morgan fingerprint density at radius 3 is 2.58 bits per heavy atom. The van der Waals surface area contributed by atoms with Crippen LogP contribution in [0.3, 0.4) is 0 Å². The fraction of sp³-hybridized carbons (Fsp3) is 0.429. The van der Waals surface area contributed by atoms with E-state index in [0.29, 0.717) is 0 Å². The van der Waals surface area contributed by atoms with Gasteiger partial charge in [0.2, 0.25) is 0 Å². The summed E-state index contributed by atoms with van der Waals surface area (Å²) in [5.41, 5.74) is 5.41. The minimum Gasteiger partial charge on any atom is -0.497 e. The molecule has 2 aromatic rings. The highest BCUT2D eigenvalue weighted by Gasteiger charge is 2.26. The van der Waals surface area contributed by atoms with E-state index in [4.69, 9.17) is 9.47 Å². The van der Waals surface area contributed by atoms with Crippen LogP contribution in [0.25, 0.3) is 0 Å². The van der Waals surface area contributed by atoms with Gasteiger partial charge in [-0.15, -0.1) is 0 Å². The number of rotatable bonds is 3. The molecule has 2 aromatic carbocycles. The van der Waals surface area contributed by atoms with E-state index in [1.165, 1.54) is 35.3 Å². The zero-order valence-electron chi connectivity index (χ0n) is 14.5. The minimum absolute atomic E-state index is 0.274. The summed E-state index contributed by atoms with van der Waals surface area (Å²) in [5, 5.41) is 0. The van der Waals surface area contributed by atoms with Crippen LogP contribution in [0.1, 0.15) is 36.8 Å². The Morgan fingerprint density at radius 2 is 1.88 bits per heavy atom. The standard InChI is InChI=1S/C21H25NO2/c1-15-13-18-14-17(16-3-4-16)5-10-21(18)22(11-12-24-15)19-6-8-20(23-2)9-7-19/h5-10,14-16H,3-4,11-13H2,1-2H3. The van der Waals surface area contributed by atoms with Gasteiger partial charge in [0, 0.05) is 24.3 Å². The zero-order valence-corrected chi connectivity index (χ0v) is 14.5. The lowest BCUT2D eigenvalue weighted by Gasteiger charge is -2.31. The summed E-state index contributed by atoms with van der Waals surface area (Å²) in [5.74, 6) is 1.67. The van der Waals surface area contributed by atoms with Gasteiger partial charge in [-0.1, -0.05) is 12.1 Å². The van der Waals surface area contributed by atoms with E-state index < -0.39 is 0 Å². The van der Waals surface area contributed by atoms with Crippen molar-refractivity contribution >= 4 is 11.4 Å². The average molecular weight is 323 g/mol. The van der Waals surface area contributed by atoms with Gasteiger partial charge in [0.1, 0.15) is 5.75 Å². The Kier molecular flexibility index (Phi) is 4.19. The molecule has 0 amide bonds. The Morgan fingerprint density at radius 1 is 1.08 bits per heavy atom. The first-order valence-electron chi connectivity index (χ1n) is 8.90. The van der Waals surface area contributed by atoms with E-state index in [1.807, 2.05) is 12.1 Å². The Bertz CT molecular complexity index is 706. The lowest BCUT2D eigenvalue weighted by atomic mass is 9.99. The molecule has 0 spiro atoms. The summed E-state index contributed by atoms with van der Waals surface area (Å²) < 4.78 is 11.3. The van der Waals surface area contributed by atoms with Crippen molar-refractivity contribution < 1.29 is 9.47 Å². The molecule has 24 heavy (non-hydrogen) atoms. The number of nitrogens with zero attached hydrogens (tertiary/aromatic N) is 1. The molecular weight excluding hydrogens is 298 g/mol. The molecule has 1 unspecified atom stereocenters. The van der Waals surface area contributed by atoms with Gasteiger partial charge in [0.25, 0.3) is 0 Å². The van der Waals surface area contributed by atoms with Crippen molar-refractivity contribution in [3.05, 3.63) is 53.6 Å². The Labute approximate surface area is 144 Å². The van der Waals surface area contributed by atoms with Crippen LogP contribution in [-0.2, 0) is 11.2 Å². The van der Waals surface area contributed by atoms with Gasteiger partial charge in [0.15, 0.2) is 0 Å². The summed E-state index contributed by atoms with van der Waals surface area (Å²) in [4.78, 5) is 2.37. The second-order valence-electron chi connectivity index (χ2n) is 6.90. The number of fused-ring (bicyclic) bond motifs is 1. The predicted octanol–water partition coefficient (Wildman–Crippen LogP) is 4.67. The maximum absolute atomic E-state index is 5.99. The molecule has 1 heterocycles. The van der Waals surface area contributed by atoms with Crippen molar-refractivity contribution in [2.45, 2.75) is 38.2 Å². The van der Waals surface area contributed by atoms with Crippen molar-refractivity contribution in [1.82, 2.24) is 0 Å². The highest BCUT2D eigenvalue weighted by Crippen LogP contribution is 2.42. The minimum atomic E-state index is 0.274. The monoisotopic (exact) mass is 323 g/mol. The van der Waals surface area contributed by atoms with E-state index in [2.05, 4.69) is 42.2 Å². The molecular formula is C21H25NO2. The second kappa shape index (κ2) is 6.48. The third kappa shape index (κ3) is 3.13. The largest absolute Gasteiger partial charge is 0.497 e. The normalized spacial score (nSPS) is 20.9. The molecule has 126 valence electrons. The molecule has 1 aliphatic heterocycles. The van der Waals surface area contributed by atoms with Gasteiger partial charge >= 0.3 is 0 Å². The molecule has 4 rings (SSSR count). The summed E-state index contributed by atoms with van der Waals surface area (Å²) in [6.45, 7) is 3.79. The zero-order chi connectivity index (χ0) is 16.5. The highest BCUT2D eigenvalue weighted by molar-refractivity contribution is 5.68. The SMILES string of the molecule is COc1ccc(N2CCOC(C)Cc3cc(C4CC4)ccc32)cc1. The fourth-order valence-corrected chi connectivity index (χ4v) is 3.57. The number of benzene rings is 2. The second-order valence-corrected chi connectivity index (χ2v) is 6.90. The molecule has 0 saturated heterocycles.